The number of rotatable bonds is 14. The fourth-order valence-corrected chi connectivity index (χ4v) is 19.0. The molecule has 10 fully saturated rings. The van der Waals surface area contributed by atoms with Gasteiger partial charge in [0.25, 0.3) is 11.6 Å². The predicted molar refractivity (Wildman–Crippen MR) is 420 cm³/mol. The lowest BCUT2D eigenvalue weighted by Crippen LogP contribution is -2.65. The molecular weight excluding hydrogens is 1880 g/mol. The summed E-state index contributed by atoms with van der Waals surface area (Å²) in [7, 11) is 0. The van der Waals surface area contributed by atoms with Gasteiger partial charge >= 0.3 is 35.8 Å². The zero-order valence-electron chi connectivity index (χ0n) is 56.1. The number of nitrogens with one attached hydrogen (secondary N) is 3. The number of hydrogen-bond donors (Lipinski definition) is 3. The number of amides is 3. The number of ether oxygens (including phenoxy) is 6. The molecule has 0 aromatic heterocycles. The first-order chi connectivity index (χ1) is 49.0. The lowest BCUT2D eigenvalue weighted by molar-refractivity contribution is -0.483. The Morgan fingerprint density at radius 2 is 0.961 bits per heavy atom. The third-order valence-corrected chi connectivity index (χ3v) is 26.4. The van der Waals surface area contributed by atoms with Gasteiger partial charge in [0.05, 0.1) is 25.6 Å². The number of nitrogens with zero attached hydrogens (tertiary/aromatic N) is 1. The Balaban J connectivity index is 0.000000152. The molecule has 10 aliphatic rings. The van der Waals surface area contributed by atoms with Crippen molar-refractivity contribution in [3.8, 4) is 0 Å². The lowest BCUT2D eigenvalue weighted by atomic mass is 9.53. The van der Waals surface area contributed by atoms with Crippen molar-refractivity contribution in [3.63, 3.8) is 0 Å². The molecule has 5 saturated carbocycles. The Labute approximate surface area is 652 Å². The van der Waals surface area contributed by atoms with Crippen LogP contribution in [0.5, 0.6) is 0 Å². The standard InChI is InChI=1S/C23H24INO5.C18H18INO5.C12H14INO4.C10H10INO.C7H5IO.C5H8O2/c26-19-10-15(11-25-19)14-1-3-18(4-2-14)24-20-21(27)29-23(30-22(20)28)16-6-12-5-13(8-16)9-17(23)7-12;21-14-9-12(10-20-14)11-3-5-13(6-4-11)19-15-16(22)24-18(25-17(15)23)7-1-2-8-18;1-2-18-12(15)7-10(8-14(16)17)9-3-5-11(13)6-4-9;11-9-3-1-7(2-4-9)8-5-10(13)12-6-8;8-7-3-1-6(5-9)2-4-7;1-3-5(6)7-4-2/h1-4,12-13,15-17H,5-11H2,(H,25,26);3-6,12H,1-2,7-10H2,(H,20,21);3-6,10H,2,7-8H2,1H3;1-4,8H,5-6H2,(H,12,13);1-5H;3H,1,4H2,2H3. The van der Waals surface area contributed by atoms with Gasteiger partial charge in [-0.1, -0.05) is 109 Å². The molecule has 22 nitrogen and oxygen atoms in total. The fourth-order valence-electron chi connectivity index (χ4n) is 13.9. The first kappa shape index (κ1) is 79.6. The molecule has 5 aromatic carbocycles. The van der Waals surface area contributed by atoms with Crippen LogP contribution < -0.4 is 16.0 Å². The van der Waals surface area contributed by atoms with Crippen LogP contribution in [0.3, 0.4) is 0 Å². The van der Waals surface area contributed by atoms with Crippen molar-refractivity contribution in [2.24, 2.45) is 23.7 Å². The molecule has 0 radical (unpaired) electrons. The second kappa shape index (κ2) is 38.0. The highest BCUT2D eigenvalue weighted by molar-refractivity contribution is 14.2. The highest BCUT2D eigenvalue weighted by atomic mass is 127. The molecule has 102 heavy (non-hydrogen) atoms. The topological polar surface area (TPSA) is 305 Å². The van der Waals surface area contributed by atoms with E-state index in [0.717, 1.165) is 94.0 Å². The number of aldehydes is 1. The summed E-state index contributed by atoms with van der Waals surface area (Å²) in [6, 6.07) is 38.9. The number of halogens is 5. The van der Waals surface area contributed by atoms with Gasteiger partial charge in [0.15, 0.2) is 7.02 Å². The van der Waals surface area contributed by atoms with Gasteiger partial charge in [0, 0.05) is 116 Å². The van der Waals surface area contributed by atoms with E-state index in [-0.39, 0.29) is 74.0 Å². The van der Waals surface area contributed by atoms with Crippen molar-refractivity contribution >= 4 is 176 Å². The maximum atomic E-state index is 12.9. The normalized spacial score (nSPS) is 23.9. The maximum absolute atomic E-state index is 12.9. The Morgan fingerprint density at radius 3 is 1.31 bits per heavy atom. The third kappa shape index (κ3) is 22.3. The van der Waals surface area contributed by atoms with Gasteiger partial charge < -0.3 is 44.4 Å². The van der Waals surface area contributed by atoms with Crippen molar-refractivity contribution in [2.45, 2.75) is 133 Å². The van der Waals surface area contributed by atoms with Crippen molar-refractivity contribution in [3.05, 3.63) is 190 Å². The lowest BCUT2D eigenvalue weighted by Gasteiger charge is -2.59. The van der Waals surface area contributed by atoms with E-state index in [0.29, 0.717) is 69.6 Å². The van der Waals surface area contributed by atoms with Crippen LogP contribution in [0.4, 0.5) is 0 Å². The maximum Gasteiger partial charge on any atom is 0.354 e. The van der Waals surface area contributed by atoms with Gasteiger partial charge in [-0.3, -0.25) is 34.1 Å². The molecule has 3 amide bonds. The summed E-state index contributed by atoms with van der Waals surface area (Å²) in [6.45, 7) is 9.23. The van der Waals surface area contributed by atoms with E-state index in [4.69, 9.17) is 23.7 Å². The van der Waals surface area contributed by atoms with Gasteiger partial charge in [0.1, 0.15) is 6.29 Å². The number of carbonyl (C=O) groups is 10. The summed E-state index contributed by atoms with van der Waals surface area (Å²) in [6.07, 6.45) is 12.0. The summed E-state index contributed by atoms with van der Waals surface area (Å²) >= 11 is 4.70. The Bertz CT molecular complexity index is 3880. The Morgan fingerprint density at radius 1 is 0.578 bits per heavy atom. The number of carbonyl (C=O) groups excluding carboxylic acids is 10. The molecule has 4 unspecified atom stereocenters. The van der Waals surface area contributed by atoms with Crippen LogP contribution in [0, 0.1) is 51.6 Å². The first-order valence-electron chi connectivity index (χ1n) is 33.7. The molecular formula is C75H79I5N4O18. The van der Waals surface area contributed by atoms with E-state index >= 15 is 0 Å². The van der Waals surface area contributed by atoms with E-state index in [2.05, 4.69) is 119 Å². The summed E-state index contributed by atoms with van der Waals surface area (Å²) in [5, 5.41) is 19.2. The van der Waals surface area contributed by atoms with Crippen LogP contribution in [0.25, 0.3) is 0 Å². The van der Waals surface area contributed by atoms with Gasteiger partial charge in [0.2, 0.25) is 24.3 Å². The third-order valence-electron chi connectivity index (χ3n) is 18.7. The summed E-state index contributed by atoms with van der Waals surface area (Å²) in [5.74, 6) is -2.30. The van der Waals surface area contributed by atoms with Gasteiger partial charge in [-0.05, 0) is 221 Å². The minimum atomic E-state index is -1.01. The zero-order chi connectivity index (χ0) is 73.1. The van der Waals surface area contributed by atoms with Crippen molar-refractivity contribution in [2.75, 3.05) is 39.4 Å². The molecule has 27 heteroatoms. The number of esters is 6. The fraction of sp³-hybridized carbons (Fsp3) is 0.413. The molecule has 5 heterocycles. The molecule has 5 aliphatic heterocycles. The van der Waals surface area contributed by atoms with E-state index in [1.165, 1.54) is 15.6 Å². The van der Waals surface area contributed by atoms with Gasteiger partial charge in [-0.15, -0.1) is 0 Å². The van der Waals surface area contributed by atoms with Crippen LogP contribution in [-0.2, 0) is 71.6 Å². The molecule has 4 atom stereocenters. The van der Waals surface area contributed by atoms with Crippen LogP contribution in [0.15, 0.2) is 134 Å². The molecule has 542 valence electrons. The number of nitro groups is 1. The molecule has 4 bridgehead atoms. The average Bonchev–Trinajstić information content (AvgIpc) is 0.861. The van der Waals surface area contributed by atoms with Gasteiger partial charge in [-0.25, -0.2) is 24.0 Å². The van der Waals surface area contributed by atoms with Crippen LogP contribution in [0.2, 0.25) is 0 Å². The summed E-state index contributed by atoms with van der Waals surface area (Å²) in [5.41, 5.74) is 4.98. The molecule has 5 aromatic rings. The zero-order valence-corrected chi connectivity index (χ0v) is 66.9. The largest absolute Gasteiger partial charge is 0.466 e. The average molecular weight is 1960 g/mol. The van der Waals surface area contributed by atoms with Crippen LogP contribution in [0.1, 0.15) is 154 Å². The molecule has 3 N–H and O–H groups in total. The second-order valence-corrected chi connectivity index (χ2v) is 35.2. The number of benzene rings is 5. The van der Waals surface area contributed by atoms with E-state index in [1.54, 1.807) is 26.0 Å². The summed E-state index contributed by atoms with van der Waals surface area (Å²) in [4.78, 5) is 126. The Kier molecular flexibility index (Phi) is 29.7. The van der Waals surface area contributed by atoms with Gasteiger partial charge in [-0.2, -0.15) is 0 Å². The monoisotopic (exact) mass is 1960 g/mol. The highest BCUT2D eigenvalue weighted by Gasteiger charge is 2.64. The van der Waals surface area contributed by atoms with Crippen molar-refractivity contribution < 1.29 is 81.3 Å². The summed E-state index contributed by atoms with van der Waals surface area (Å²) < 4.78 is 37.9. The minimum Gasteiger partial charge on any atom is -0.466 e. The van der Waals surface area contributed by atoms with Crippen LogP contribution >= 0.6 is 109 Å². The minimum absolute atomic E-state index is 0.0371. The Hall–Kier alpha value is -6.47. The molecule has 15 rings (SSSR count). The quantitative estimate of drug-likeness (QED) is 0.0177. The highest BCUT2D eigenvalue weighted by Crippen LogP contribution is 2.61. The van der Waals surface area contributed by atoms with E-state index in [9.17, 15) is 58.1 Å². The first-order valence-corrected chi connectivity index (χ1v) is 41.3. The van der Waals surface area contributed by atoms with E-state index in [1.807, 2.05) is 84.9 Å². The number of hydrogen-bond acceptors (Lipinski definition) is 18. The SMILES string of the molecule is C=CC(=O)OCC.CCOC(=O)CC(C[N+](=O)[O-])c1ccc(I)cc1.O=C1CC(c2ccc(I)cc2)CN1.O=C1CC(c2ccc(I=C3C(=O)OC4(CCCC4)OC3=O)cc2)CN1.O=C1CC(c2ccc(I=C3C(=O)OC4(OC3=O)C3CC5CC(C3)CC4C5)cc2)CN1.O=Cc1ccc(I)cc1. The predicted octanol–water partition coefficient (Wildman–Crippen LogP) is 12.2. The van der Waals surface area contributed by atoms with E-state index < -0.39 is 93.7 Å². The van der Waals surface area contributed by atoms with Crippen molar-refractivity contribution in [1.82, 2.24) is 16.0 Å². The van der Waals surface area contributed by atoms with Crippen molar-refractivity contribution in [1.29, 1.82) is 0 Å². The second-order valence-electron chi connectivity index (χ2n) is 25.7. The van der Waals surface area contributed by atoms with Crippen LogP contribution in [-0.4, -0.2) is 123 Å². The molecule has 5 saturated heterocycles. The molecule has 5 aliphatic carbocycles. The molecule has 2 spiro atoms. The smallest absolute Gasteiger partial charge is 0.354 e.